The molecule has 6 nitrogen and oxygen atoms in total. The number of guanidine groups is 1. The van der Waals surface area contributed by atoms with E-state index in [0.29, 0.717) is 25.2 Å². The fourth-order valence-electron chi connectivity index (χ4n) is 3.38. The minimum atomic E-state index is -0.197. The van der Waals surface area contributed by atoms with Gasteiger partial charge in [0.1, 0.15) is 5.82 Å². The summed E-state index contributed by atoms with van der Waals surface area (Å²) in [5, 5.41) is 3.29. The first-order valence-electron chi connectivity index (χ1n) is 9.38. The van der Waals surface area contributed by atoms with Gasteiger partial charge in [0.15, 0.2) is 5.96 Å². The fourth-order valence-corrected chi connectivity index (χ4v) is 3.38. The zero-order valence-corrected chi connectivity index (χ0v) is 19.7. The van der Waals surface area contributed by atoms with E-state index in [4.69, 9.17) is 9.73 Å². The summed E-state index contributed by atoms with van der Waals surface area (Å²) in [7, 11) is 5.26. The Morgan fingerprint density at radius 3 is 2.71 bits per heavy atom. The highest BCUT2D eigenvalue weighted by atomic mass is 127. The number of hydrogen-bond acceptors (Lipinski definition) is 4. The second kappa shape index (κ2) is 11.5. The number of methoxy groups -OCH3 is 1. The molecule has 1 N–H and O–H groups in total. The molecular weight excluding hydrogens is 474 g/mol. The van der Waals surface area contributed by atoms with Gasteiger partial charge in [-0.05, 0) is 44.6 Å². The molecule has 2 unspecified atom stereocenters. The third-order valence-electron chi connectivity index (χ3n) is 4.76. The van der Waals surface area contributed by atoms with Gasteiger partial charge in [0.05, 0.1) is 19.6 Å². The number of halogens is 2. The number of carbonyl (C=O) groups excluding carboxylic acids is 1. The molecule has 1 aromatic carbocycles. The van der Waals surface area contributed by atoms with Gasteiger partial charge < -0.3 is 19.9 Å². The lowest BCUT2D eigenvalue weighted by atomic mass is 9.99. The van der Waals surface area contributed by atoms with Crippen LogP contribution >= 0.6 is 24.0 Å². The van der Waals surface area contributed by atoms with E-state index < -0.39 is 0 Å². The summed E-state index contributed by atoms with van der Waals surface area (Å²) in [5.74, 6) is 0.467. The van der Waals surface area contributed by atoms with Crippen molar-refractivity contribution in [2.24, 2.45) is 16.8 Å². The Bertz CT molecular complexity index is 684. The molecule has 1 heterocycles. The SMILES string of the molecule is CCNC(=NCc1ccc(F)c(CN(C)C)c1)N1CC(C)C(C(=O)OC)C1.I. The second-order valence-electron chi connectivity index (χ2n) is 7.35. The molecule has 1 aliphatic rings. The highest BCUT2D eigenvalue weighted by Crippen LogP contribution is 2.24. The summed E-state index contributed by atoms with van der Waals surface area (Å²) in [6, 6.07) is 5.14. The maximum absolute atomic E-state index is 14.0. The predicted molar refractivity (Wildman–Crippen MR) is 120 cm³/mol. The van der Waals surface area contributed by atoms with Crippen LogP contribution in [0.3, 0.4) is 0 Å². The van der Waals surface area contributed by atoms with E-state index in [2.05, 4.69) is 17.1 Å². The fraction of sp³-hybridized carbons (Fsp3) is 0.600. The van der Waals surface area contributed by atoms with Crippen molar-refractivity contribution in [3.05, 3.63) is 35.1 Å². The number of likely N-dealkylation sites (tertiary alicyclic amines) is 1. The Kier molecular flexibility index (Phi) is 10.2. The monoisotopic (exact) mass is 506 g/mol. The van der Waals surface area contributed by atoms with Crippen LogP contribution in [-0.2, 0) is 22.6 Å². The van der Waals surface area contributed by atoms with E-state index in [1.165, 1.54) is 13.2 Å². The molecule has 0 amide bonds. The van der Waals surface area contributed by atoms with Crippen LogP contribution < -0.4 is 5.32 Å². The molecule has 28 heavy (non-hydrogen) atoms. The van der Waals surface area contributed by atoms with Crippen LogP contribution in [0.1, 0.15) is 25.0 Å². The molecule has 2 rings (SSSR count). The van der Waals surface area contributed by atoms with Crippen LogP contribution in [0.15, 0.2) is 23.2 Å². The second-order valence-corrected chi connectivity index (χ2v) is 7.35. The van der Waals surface area contributed by atoms with Gasteiger partial charge in [0.25, 0.3) is 0 Å². The van der Waals surface area contributed by atoms with Crippen LogP contribution in [0.5, 0.6) is 0 Å². The molecule has 1 saturated heterocycles. The lowest BCUT2D eigenvalue weighted by molar-refractivity contribution is -0.145. The lowest BCUT2D eigenvalue weighted by Gasteiger charge is -2.21. The van der Waals surface area contributed by atoms with Crippen molar-refractivity contribution in [2.45, 2.75) is 26.9 Å². The highest BCUT2D eigenvalue weighted by molar-refractivity contribution is 14.0. The lowest BCUT2D eigenvalue weighted by Crippen LogP contribution is -2.40. The smallest absolute Gasteiger partial charge is 0.310 e. The van der Waals surface area contributed by atoms with Gasteiger partial charge in [-0.25, -0.2) is 9.38 Å². The maximum Gasteiger partial charge on any atom is 0.310 e. The van der Waals surface area contributed by atoms with Gasteiger partial charge >= 0.3 is 5.97 Å². The number of nitrogens with zero attached hydrogens (tertiary/aromatic N) is 3. The van der Waals surface area contributed by atoms with Crippen molar-refractivity contribution in [3.63, 3.8) is 0 Å². The van der Waals surface area contributed by atoms with Gasteiger partial charge in [0.2, 0.25) is 0 Å². The summed E-state index contributed by atoms with van der Waals surface area (Å²) in [6.07, 6.45) is 0. The number of ether oxygens (including phenoxy) is 1. The Morgan fingerprint density at radius 2 is 2.11 bits per heavy atom. The minimum Gasteiger partial charge on any atom is -0.469 e. The number of benzene rings is 1. The molecule has 0 spiro atoms. The normalized spacial score (nSPS) is 19.5. The van der Waals surface area contributed by atoms with Crippen LogP contribution in [0.2, 0.25) is 0 Å². The average molecular weight is 506 g/mol. The molecule has 8 heteroatoms. The van der Waals surface area contributed by atoms with Gasteiger partial charge in [-0.2, -0.15) is 0 Å². The molecule has 2 atom stereocenters. The van der Waals surface area contributed by atoms with Crippen LogP contribution in [0, 0.1) is 17.7 Å². The van der Waals surface area contributed by atoms with E-state index in [-0.39, 0.29) is 47.6 Å². The zero-order chi connectivity index (χ0) is 20.0. The van der Waals surface area contributed by atoms with Gasteiger partial charge in [0, 0.05) is 31.7 Å². The standard InChI is InChI=1S/C20H31FN4O2.HI/c1-6-22-20(25-11-14(2)17(13-25)19(26)27-5)23-10-15-7-8-18(21)16(9-15)12-24(3)4;/h7-9,14,17H,6,10-13H2,1-5H3,(H,22,23);1H. The Morgan fingerprint density at radius 1 is 1.39 bits per heavy atom. The summed E-state index contributed by atoms with van der Waals surface area (Å²) < 4.78 is 18.9. The van der Waals surface area contributed by atoms with Gasteiger partial charge in [-0.15, -0.1) is 24.0 Å². The summed E-state index contributed by atoms with van der Waals surface area (Å²) in [5.41, 5.74) is 1.62. The Hall–Kier alpha value is -1.42. The third kappa shape index (κ3) is 6.58. The minimum absolute atomic E-state index is 0. The molecule has 0 saturated carbocycles. The highest BCUT2D eigenvalue weighted by Gasteiger charge is 2.36. The molecule has 158 valence electrons. The molecule has 1 fully saturated rings. The number of carbonyl (C=O) groups is 1. The summed E-state index contributed by atoms with van der Waals surface area (Å²) in [6.45, 7) is 7.15. The van der Waals surface area contributed by atoms with Gasteiger partial charge in [-0.1, -0.05) is 13.0 Å². The van der Waals surface area contributed by atoms with Crippen molar-refractivity contribution >= 4 is 35.9 Å². The van der Waals surface area contributed by atoms with Crippen molar-refractivity contribution in [1.82, 2.24) is 15.1 Å². The first kappa shape index (κ1) is 24.6. The van der Waals surface area contributed by atoms with Crippen molar-refractivity contribution < 1.29 is 13.9 Å². The number of rotatable bonds is 6. The maximum atomic E-state index is 14.0. The van der Waals surface area contributed by atoms with Crippen molar-refractivity contribution in [3.8, 4) is 0 Å². The van der Waals surface area contributed by atoms with Crippen LogP contribution in [-0.4, -0.2) is 62.6 Å². The predicted octanol–water partition coefficient (Wildman–Crippen LogP) is 2.71. The third-order valence-corrected chi connectivity index (χ3v) is 4.76. The molecule has 0 radical (unpaired) electrons. The number of aliphatic imine (C=N–C) groups is 1. The molecule has 1 aliphatic heterocycles. The molecule has 0 bridgehead atoms. The first-order chi connectivity index (χ1) is 12.8. The number of hydrogen-bond donors (Lipinski definition) is 1. The topological polar surface area (TPSA) is 57.2 Å². The zero-order valence-electron chi connectivity index (χ0n) is 17.4. The Balaban J connectivity index is 0.00000392. The van der Waals surface area contributed by atoms with Crippen molar-refractivity contribution in [2.75, 3.05) is 40.8 Å². The number of esters is 1. The molecular formula is C20H32FIN4O2. The van der Waals surface area contributed by atoms with E-state index in [1.54, 1.807) is 6.07 Å². The average Bonchev–Trinajstić information content (AvgIpc) is 3.01. The van der Waals surface area contributed by atoms with E-state index in [9.17, 15) is 9.18 Å². The molecule has 0 aromatic heterocycles. The number of nitrogens with one attached hydrogen (secondary N) is 1. The quantitative estimate of drug-likeness (QED) is 0.279. The van der Waals surface area contributed by atoms with E-state index in [0.717, 1.165) is 24.6 Å². The largest absolute Gasteiger partial charge is 0.469 e. The Labute approximate surface area is 184 Å². The van der Waals surface area contributed by atoms with Gasteiger partial charge in [-0.3, -0.25) is 4.79 Å². The first-order valence-corrected chi connectivity index (χ1v) is 9.38. The van der Waals surface area contributed by atoms with Crippen molar-refractivity contribution in [1.29, 1.82) is 0 Å². The van der Waals surface area contributed by atoms with Crippen LogP contribution in [0.25, 0.3) is 0 Å². The van der Waals surface area contributed by atoms with E-state index in [1.807, 2.05) is 32.0 Å². The molecule has 1 aromatic rings. The summed E-state index contributed by atoms with van der Waals surface area (Å²) >= 11 is 0. The summed E-state index contributed by atoms with van der Waals surface area (Å²) in [4.78, 5) is 20.7. The van der Waals surface area contributed by atoms with Crippen LogP contribution in [0.4, 0.5) is 4.39 Å². The molecule has 0 aliphatic carbocycles. The van der Waals surface area contributed by atoms with E-state index >= 15 is 0 Å².